The van der Waals surface area contributed by atoms with E-state index in [1.54, 1.807) is 18.4 Å². The number of aromatic nitrogens is 3. The molecule has 5 rings (SSSR count). The second-order valence-electron chi connectivity index (χ2n) is 8.14. The molecule has 32 heavy (non-hydrogen) atoms. The van der Waals surface area contributed by atoms with Crippen LogP contribution in [-0.4, -0.2) is 27.8 Å². The van der Waals surface area contributed by atoms with E-state index in [1.165, 1.54) is 15.8 Å². The molecule has 0 amide bonds. The highest BCUT2D eigenvalue weighted by molar-refractivity contribution is 7.18. The summed E-state index contributed by atoms with van der Waals surface area (Å²) in [5.41, 5.74) is 6.07. The molecular formula is C26H26N4OS. The van der Waals surface area contributed by atoms with Crippen LogP contribution in [0.4, 0.5) is 0 Å². The number of nitrogens with zero attached hydrogens (tertiary/aromatic N) is 3. The normalized spacial score (nSPS) is 12.6. The number of thiazole rings is 1. The summed E-state index contributed by atoms with van der Waals surface area (Å²) in [6, 6.07) is 25.1. The van der Waals surface area contributed by atoms with Crippen LogP contribution < -0.4 is 5.62 Å². The van der Waals surface area contributed by atoms with Gasteiger partial charge in [-0.1, -0.05) is 54.1 Å². The molecule has 1 atom stereocenters. The number of fused-ring (bicyclic) bond motifs is 2. The monoisotopic (exact) mass is 442 g/mol. The van der Waals surface area contributed by atoms with Crippen molar-refractivity contribution in [2.45, 2.75) is 25.9 Å². The summed E-state index contributed by atoms with van der Waals surface area (Å²) in [6.07, 6.45) is 0.805. The van der Waals surface area contributed by atoms with Gasteiger partial charge in [0.2, 0.25) is 5.62 Å². The number of hydrogen-bond donors (Lipinski definition) is 1. The van der Waals surface area contributed by atoms with Gasteiger partial charge < -0.3 is 13.9 Å². The molecule has 0 bridgehead atoms. The van der Waals surface area contributed by atoms with Crippen LogP contribution in [0.5, 0.6) is 0 Å². The number of benzene rings is 3. The van der Waals surface area contributed by atoms with Crippen LogP contribution in [0.3, 0.4) is 0 Å². The lowest BCUT2D eigenvalue weighted by Crippen LogP contribution is -2.31. The second kappa shape index (κ2) is 8.73. The Morgan fingerprint density at radius 3 is 2.44 bits per heavy atom. The third-order valence-electron chi connectivity index (χ3n) is 5.86. The first kappa shape index (κ1) is 20.7. The Morgan fingerprint density at radius 2 is 1.69 bits per heavy atom. The van der Waals surface area contributed by atoms with Crippen LogP contribution in [0.2, 0.25) is 0 Å². The standard InChI is InChI=1S/C26H26N4OS/c1-18-11-13-19(14-12-18)15-20(17-31-2)30-23-9-5-4-8-22(23)29(26(30)27)16-25-28-21-7-3-6-10-24(21)32-25/h3-14,20,27H,15-17H2,1-2H3. The average Bonchev–Trinajstić information content (AvgIpc) is 3.34. The number of methoxy groups -OCH3 is 1. The van der Waals surface area contributed by atoms with E-state index in [-0.39, 0.29) is 6.04 Å². The van der Waals surface area contributed by atoms with Gasteiger partial charge in [0.25, 0.3) is 0 Å². The second-order valence-corrected chi connectivity index (χ2v) is 9.26. The minimum atomic E-state index is 0.0247. The van der Waals surface area contributed by atoms with E-state index < -0.39 is 0 Å². The maximum atomic E-state index is 9.11. The van der Waals surface area contributed by atoms with E-state index in [0.29, 0.717) is 18.8 Å². The van der Waals surface area contributed by atoms with Crippen LogP contribution in [-0.2, 0) is 17.7 Å². The van der Waals surface area contributed by atoms with Gasteiger partial charge in [0.1, 0.15) is 5.01 Å². The van der Waals surface area contributed by atoms with E-state index in [2.05, 4.69) is 58.5 Å². The number of rotatable bonds is 7. The van der Waals surface area contributed by atoms with Crippen LogP contribution in [0.1, 0.15) is 22.2 Å². The van der Waals surface area contributed by atoms with Gasteiger partial charge in [0.15, 0.2) is 0 Å². The van der Waals surface area contributed by atoms with Crippen LogP contribution in [0.25, 0.3) is 21.3 Å². The van der Waals surface area contributed by atoms with Crippen molar-refractivity contribution >= 4 is 32.6 Å². The molecule has 0 fully saturated rings. The number of imidazole rings is 1. The molecule has 1 unspecified atom stereocenters. The number of aryl methyl sites for hydroxylation is 1. The molecule has 0 saturated heterocycles. The quantitative estimate of drug-likeness (QED) is 0.371. The topological polar surface area (TPSA) is 55.8 Å². The molecule has 0 spiro atoms. The lowest BCUT2D eigenvalue weighted by molar-refractivity contribution is 0.154. The van der Waals surface area contributed by atoms with Crippen molar-refractivity contribution in [3.05, 3.63) is 94.5 Å². The van der Waals surface area contributed by atoms with Gasteiger partial charge in [0.05, 0.1) is 40.4 Å². The summed E-state index contributed by atoms with van der Waals surface area (Å²) in [5.74, 6) is 0. The zero-order valence-electron chi connectivity index (χ0n) is 18.3. The van der Waals surface area contributed by atoms with Crippen molar-refractivity contribution < 1.29 is 4.74 Å². The number of ether oxygens (including phenoxy) is 1. The van der Waals surface area contributed by atoms with Crippen molar-refractivity contribution in [3.63, 3.8) is 0 Å². The Morgan fingerprint density at radius 1 is 0.969 bits per heavy atom. The Hall–Kier alpha value is -3.22. The number of hydrogen-bond acceptors (Lipinski definition) is 4. The van der Waals surface area contributed by atoms with Gasteiger partial charge in [-0.2, -0.15) is 0 Å². The van der Waals surface area contributed by atoms with Crippen LogP contribution in [0.15, 0.2) is 72.8 Å². The zero-order valence-corrected chi connectivity index (χ0v) is 19.1. The number of nitrogens with one attached hydrogen (secondary N) is 1. The molecule has 162 valence electrons. The fourth-order valence-corrected chi connectivity index (χ4v) is 5.28. The third-order valence-corrected chi connectivity index (χ3v) is 6.88. The van der Waals surface area contributed by atoms with Crippen molar-refractivity contribution in [1.82, 2.24) is 14.1 Å². The van der Waals surface area contributed by atoms with Gasteiger partial charge in [-0.05, 0) is 43.2 Å². The Labute approximate surface area is 191 Å². The van der Waals surface area contributed by atoms with Gasteiger partial charge in [-0.25, -0.2) is 4.98 Å². The molecule has 0 aliphatic carbocycles. The summed E-state index contributed by atoms with van der Waals surface area (Å²) >= 11 is 1.69. The molecule has 2 aromatic heterocycles. The molecule has 0 saturated carbocycles. The smallest absolute Gasteiger partial charge is 0.203 e. The molecule has 5 nitrogen and oxygen atoms in total. The summed E-state index contributed by atoms with van der Waals surface area (Å²) in [5, 5.41) is 10.1. The first-order valence-corrected chi connectivity index (χ1v) is 11.6. The highest BCUT2D eigenvalue weighted by Gasteiger charge is 2.20. The molecule has 0 aliphatic heterocycles. The fraction of sp³-hybridized carbons (Fsp3) is 0.231. The lowest BCUT2D eigenvalue weighted by atomic mass is 10.0. The fourth-order valence-electron chi connectivity index (χ4n) is 4.32. The predicted molar refractivity (Wildman–Crippen MR) is 130 cm³/mol. The Kier molecular flexibility index (Phi) is 5.64. The van der Waals surface area contributed by atoms with E-state index in [1.807, 2.05) is 30.3 Å². The predicted octanol–water partition coefficient (Wildman–Crippen LogP) is 5.32. The molecule has 2 heterocycles. The minimum absolute atomic E-state index is 0.0247. The van der Waals surface area contributed by atoms with Crippen LogP contribution in [0, 0.1) is 12.3 Å². The van der Waals surface area contributed by atoms with Crippen molar-refractivity contribution in [2.24, 2.45) is 0 Å². The van der Waals surface area contributed by atoms with E-state index in [0.717, 1.165) is 28.0 Å². The van der Waals surface area contributed by atoms with E-state index in [4.69, 9.17) is 15.1 Å². The molecular weight excluding hydrogens is 416 g/mol. The molecule has 6 heteroatoms. The molecule has 0 radical (unpaired) electrons. The van der Waals surface area contributed by atoms with Gasteiger partial charge >= 0.3 is 0 Å². The maximum Gasteiger partial charge on any atom is 0.203 e. The maximum absolute atomic E-state index is 9.11. The van der Waals surface area contributed by atoms with E-state index >= 15 is 0 Å². The van der Waals surface area contributed by atoms with Crippen LogP contribution >= 0.6 is 11.3 Å². The zero-order chi connectivity index (χ0) is 22.1. The largest absolute Gasteiger partial charge is 0.383 e. The van der Waals surface area contributed by atoms with Gasteiger partial charge in [-0.15, -0.1) is 11.3 Å². The summed E-state index contributed by atoms with van der Waals surface area (Å²) < 4.78 is 11.0. The van der Waals surface area contributed by atoms with Crippen molar-refractivity contribution in [2.75, 3.05) is 13.7 Å². The highest BCUT2D eigenvalue weighted by Crippen LogP contribution is 2.25. The summed E-state index contributed by atoms with van der Waals surface area (Å²) in [6.45, 7) is 3.22. The highest BCUT2D eigenvalue weighted by atomic mass is 32.1. The van der Waals surface area contributed by atoms with E-state index in [9.17, 15) is 0 Å². The molecule has 5 aromatic rings. The Bertz CT molecular complexity index is 1400. The summed E-state index contributed by atoms with van der Waals surface area (Å²) in [4.78, 5) is 4.80. The first-order chi connectivity index (χ1) is 15.6. The van der Waals surface area contributed by atoms with Gasteiger partial charge in [0, 0.05) is 7.11 Å². The molecule has 1 N–H and O–H groups in total. The number of para-hydroxylation sites is 3. The average molecular weight is 443 g/mol. The van der Waals surface area contributed by atoms with Crippen molar-refractivity contribution in [1.29, 1.82) is 5.41 Å². The first-order valence-electron chi connectivity index (χ1n) is 10.8. The van der Waals surface area contributed by atoms with Crippen molar-refractivity contribution in [3.8, 4) is 0 Å². The minimum Gasteiger partial charge on any atom is -0.383 e. The Balaban J connectivity index is 1.58. The third kappa shape index (κ3) is 3.87. The summed E-state index contributed by atoms with van der Waals surface area (Å²) in [7, 11) is 1.73. The van der Waals surface area contributed by atoms with Gasteiger partial charge in [-0.3, -0.25) is 5.41 Å². The molecule has 0 aliphatic rings. The lowest BCUT2D eigenvalue weighted by Gasteiger charge is -2.19. The SMILES string of the molecule is COCC(Cc1ccc(C)cc1)n1c(=N)n(Cc2nc3ccccc3s2)c2ccccc21. The molecule has 3 aromatic carbocycles.